The summed E-state index contributed by atoms with van der Waals surface area (Å²) in [6, 6.07) is 2.86. The van der Waals surface area contributed by atoms with Gasteiger partial charge < -0.3 is 20.3 Å². The number of hydrogen-bond donors (Lipinski definition) is 3. The van der Waals surface area contributed by atoms with Crippen LogP contribution in [0.2, 0.25) is 0 Å². The summed E-state index contributed by atoms with van der Waals surface area (Å²) < 4.78 is 0. The summed E-state index contributed by atoms with van der Waals surface area (Å²) in [7, 11) is 3.26. The van der Waals surface area contributed by atoms with Crippen LogP contribution in [0.15, 0.2) is 12.1 Å². The maximum atomic E-state index is 11.1. The Hall–Kier alpha value is -1.98. The number of amides is 2. The molecule has 3 N–H and O–H groups in total. The third-order valence-electron chi connectivity index (χ3n) is 1.81. The van der Waals surface area contributed by atoms with E-state index < -0.39 is 5.97 Å². The van der Waals surface area contributed by atoms with E-state index in [4.69, 9.17) is 5.11 Å². The topological polar surface area (TPSA) is 85.4 Å². The molecule has 0 aliphatic carbocycles. The van der Waals surface area contributed by atoms with Gasteiger partial charge in [0.1, 0.15) is 5.69 Å². The Bertz CT molecular complexity index is 370. The zero-order chi connectivity index (χ0) is 11.4. The van der Waals surface area contributed by atoms with E-state index in [0.29, 0.717) is 5.69 Å². The molecule has 1 rings (SSSR count). The summed E-state index contributed by atoms with van der Waals surface area (Å²) in [4.78, 5) is 25.8. The summed E-state index contributed by atoms with van der Waals surface area (Å²) in [6.07, 6.45) is 0. The van der Waals surface area contributed by atoms with Crippen molar-refractivity contribution in [1.29, 1.82) is 0 Å². The number of carbonyl (C=O) groups excluding carboxylic acids is 1. The second-order valence-electron chi connectivity index (χ2n) is 3.26. The molecule has 0 fully saturated rings. The van der Waals surface area contributed by atoms with E-state index in [-0.39, 0.29) is 18.3 Å². The van der Waals surface area contributed by atoms with E-state index in [2.05, 4.69) is 10.3 Å². The molecule has 82 valence electrons. The average Bonchev–Trinajstić information content (AvgIpc) is 2.62. The molecule has 2 amide bonds. The molecule has 1 aromatic heterocycles. The van der Waals surface area contributed by atoms with Crippen LogP contribution in [-0.4, -0.2) is 41.1 Å². The Morgan fingerprint density at radius 2 is 2.13 bits per heavy atom. The van der Waals surface area contributed by atoms with Crippen molar-refractivity contribution in [2.24, 2.45) is 0 Å². The first-order valence-electron chi connectivity index (χ1n) is 4.37. The van der Waals surface area contributed by atoms with Crippen molar-refractivity contribution in [2.45, 2.75) is 6.54 Å². The molecule has 0 bridgehead atoms. The van der Waals surface area contributed by atoms with Crippen molar-refractivity contribution in [3.63, 3.8) is 0 Å². The normalized spacial score (nSPS) is 9.73. The van der Waals surface area contributed by atoms with E-state index in [1.165, 1.54) is 11.0 Å². The van der Waals surface area contributed by atoms with Crippen molar-refractivity contribution in [1.82, 2.24) is 15.2 Å². The molecule has 0 aromatic carbocycles. The molecule has 0 aliphatic rings. The summed E-state index contributed by atoms with van der Waals surface area (Å²) in [5.74, 6) is -1.01. The highest BCUT2D eigenvalue weighted by Crippen LogP contribution is 2.01. The van der Waals surface area contributed by atoms with Gasteiger partial charge in [0.05, 0.1) is 6.54 Å². The van der Waals surface area contributed by atoms with Crippen LogP contribution in [0.1, 0.15) is 16.2 Å². The molecule has 0 unspecified atom stereocenters. The number of urea groups is 1. The first kappa shape index (κ1) is 11.1. The largest absolute Gasteiger partial charge is 0.477 e. The minimum Gasteiger partial charge on any atom is -0.477 e. The van der Waals surface area contributed by atoms with Gasteiger partial charge in [0.2, 0.25) is 0 Å². The lowest BCUT2D eigenvalue weighted by Gasteiger charge is -2.10. The molecule has 0 spiro atoms. The maximum Gasteiger partial charge on any atom is 0.352 e. The van der Waals surface area contributed by atoms with E-state index in [1.54, 1.807) is 20.2 Å². The van der Waals surface area contributed by atoms with Gasteiger partial charge >= 0.3 is 12.0 Å². The molecular weight excluding hydrogens is 198 g/mol. The Morgan fingerprint density at radius 3 is 2.60 bits per heavy atom. The highest BCUT2D eigenvalue weighted by molar-refractivity contribution is 5.85. The first-order chi connectivity index (χ1) is 7.00. The fourth-order valence-electron chi connectivity index (χ4n) is 0.997. The fourth-order valence-corrected chi connectivity index (χ4v) is 0.997. The van der Waals surface area contributed by atoms with Gasteiger partial charge in [-0.25, -0.2) is 9.59 Å². The predicted octanol–water partition coefficient (Wildman–Crippen LogP) is 0.484. The number of carboxylic acid groups (broad SMARTS) is 1. The highest BCUT2D eigenvalue weighted by Gasteiger charge is 2.07. The number of hydrogen-bond acceptors (Lipinski definition) is 2. The van der Waals surface area contributed by atoms with Crippen LogP contribution in [0.25, 0.3) is 0 Å². The second-order valence-corrected chi connectivity index (χ2v) is 3.26. The van der Waals surface area contributed by atoms with Gasteiger partial charge in [-0.15, -0.1) is 0 Å². The summed E-state index contributed by atoms with van der Waals surface area (Å²) >= 11 is 0. The number of nitrogens with one attached hydrogen (secondary N) is 2. The van der Waals surface area contributed by atoms with Gasteiger partial charge in [-0.3, -0.25) is 0 Å². The van der Waals surface area contributed by atoms with E-state index in [9.17, 15) is 9.59 Å². The van der Waals surface area contributed by atoms with Crippen molar-refractivity contribution < 1.29 is 14.7 Å². The Balaban J connectivity index is 2.51. The third kappa shape index (κ3) is 3.01. The molecule has 0 saturated carbocycles. The van der Waals surface area contributed by atoms with Crippen molar-refractivity contribution in [3.8, 4) is 0 Å². The lowest BCUT2D eigenvalue weighted by Crippen LogP contribution is -2.34. The average molecular weight is 211 g/mol. The zero-order valence-electron chi connectivity index (χ0n) is 8.57. The highest BCUT2D eigenvalue weighted by atomic mass is 16.4. The van der Waals surface area contributed by atoms with Gasteiger partial charge in [0.15, 0.2) is 0 Å². The molecular formula is C9H13N3O3. The minimum absolute atomic E-state index is 0.115. The Morgan fingerprint density at radius 1 is 1.47 bits per heavy atom. The molecule has 0 radical (unpaired) electrons. The third-order valence-corrected chi connectivity index (χ3v) is 1.81. The lowest BCUT2D eigenvalue weighted by molar-refractivity contribution is 0.0691. The summed E-state index contributed by atoms with van der Waals surface area (Å²) in [5.41, 5.74) is 0.770. The number of aromatic nitrogens is 1. The predicted molar refractivity (Wildman–Crippen MR) is 53.7 cm³/mol. The monoisotopic (exact) mass is 211 g/mol. The summed E-state index contributed by atoms with van der Waals surface area (Å²) in [6.45, 7) is 0.282. The van der Waals surface area contributed by atoms with Crippen LogP contribution >= 0.6 is 0 Å². The van der Waals surface area contributed by atoms with Crippen LogP contribution in [-0.2, 0) is 6.54 Å². The Labute approximate surface area is 86.9 Å². The SMILES string of the molecule is CN(C)C(=O)NCc1ccc(C(=O)O)[nH]1. The van der Waals surface area contributed by atoms with Gasteiger partial charge in [-0.2, -0.15) is 0 Å². The van der Waals surface area contributed by atoms with E-state index >= 15 is 0 Å². The second kappa shape index (κ2) is 4.50. The molecule has 0 aliphatic heterocycles. The number of aromatic carboxylic acids is 1. The van der Waals surface area contributed by atoms with Crippen LogP contribution in [0.4, 0.5) is 4.79 Å². The van der Waals surface area contributed by atoms with E-state index in [1.807, 2.05) is 0 Å². The zero-order valence-corrected chi connectivity index (χ0v) is 8.57. The summed E-state index contributed by atoms with van der Waals surface area (Å²) in [5, 5.41) is 11.3. The molecule has 0 saturated heterocycles. The van der Waals surface area contributed by atoms with Gasteiger partial charge in [0.25, 0.3) is 0 Å². The first-order valence-corrected chi connectivity index (χ1v) is 4.37. The standard InChI is InChI=1S/C9H13N3O3/c1-12(2)9(15)10-5-6-3-4-7(11-6)8(13)14/h3-4,11H,5H2,1-2H3,(H,10,15)(H,13,14). The van der Waals surface area contributed by atoms with Crippen molar-refractivity contribution >= 4 is 12.0 Å². The minimum atomic E-state index is -1.01. The number of aromatic amines is 1. The number of H-pyrrole nitrogens is 1. The Kier molecular flexibility index (Phi) is 3.33. The number of carbonyl (C=O) groups is 2. The van der Waals surface area contributed by atoms with Crippen LogP contribution in [0, 0.1) is 0 Å². The van der Waals surface area contributed by atoms with Crippen LogP contribution in [0.5, 0.6) is 0 Å². The lowest BCUT2D eigenvalue weighted by atomic mass is 10.4. The van der Waals surface area contributed by atoms with Crippen LogP contribution < -0.4 is 5.32 Å². The molecule has 15 heavy (non-hydrogen) atoms. The van der Waals surface area contributed by atoms with Crippen molar-refractivity contribution in [2.75, 3.05) is 14.1 Å². The van der Waals surface area contributed by atoms with Gasteiger partial charge in [-0.05, 0) is 12.1 Å². The quantitative estimate of drug-likeness (QED) is 0.679. The number of carboxylic acids is 1. The molecule has 1 aromatic rings. The van der Waals surface area contributed by atoms with Gasteiger partial charge in [-0.1, -0.05) is 0 Å². The molecule has 6 heteroatoms. The van der Waals surface area contributed by atoms with E-state index in [0.717, 1.165) is 0 Å². The number of nitrogens with zero attached hydrogens (tertiary/aromatic N) is 1. The number of rotatable bonds is 3. The van der Waals surface area contributed by atoms with Crippen LogP contribution in [0.3, 0.4) is 0 Å². The molecule has 1 heterocycles. The van der Waals surface area contributed by atoms with Gasteiger partial charge in [0, 0.05) is 19.8 Å². The smallest absolute Gasteiger partial charge is 0.352 e. The van der Waals surface area contributed by atoms with Crippen molar-refractivity contribution in [3.05, 3.63) is 23.5 Å². The fraction of sp³-hybridized carbons (Fsp3) is 0.333. The molecule has 0 atom stereocenters. The maximum absolute atomic E-state index is 11.1. The molecule has 6 nitrogen and oxygen atoms in total.